The molecule has 9 heteroatoms. The molecule has 0 bridgehead atoms. The highest BCUT2D eigenvalue weighted by Crippen LogP contribution is 2.16. The molecule has 0 aliphatic heterocycles. The summed E-state index contributed by atoms with van der Waals surface area (Å²) in [6.45, 7) is 1.80. The van der Waals surface area contributed by atoms with Crippen LogP contribution in [0.25, 0.3) is 0 Å². The molecule has 0 aliphatic carbocycles. The van der Waals surface area contributed by atoms with E-state index in [9.17, 15) is 10.1 Å². The van der Waals surface area contributed by atoms with E-state index in [0.717, 1.165) is 29.2 Å². The van der Waals surface area contributed by atoms with Crippen molar-refractivity contribution in [3.8, 4) is 5.75 Å². The maximum absolute atomic E-state index is 10.7. The number of methoxy groups -OCH3 is 1. The zero-order valence-electron chi connectivity index (χ0n) is 15.9. The Labute approximate surface area is 186 Å². The third-order valence-corrected chi connectivity index (χ3v) is 4.42. The van der Waals surface area contributed by atoms with Gasteiger partial charge >= 0.3 is 0 Å². The monoisotopic (exact) mass is 516 g/mol. The largest absolute Gasteiger partial charge is 0.496 e. The van der Waals surface area contributed by atoms with Crippen molar-refractivity contribution in [3.05, 3.63) is 69.8 Å². The zero-order valence-corrected chi connectivity index (χ0v) is 19.0. The topological polar surface area (TPSA) is 88.8 Å². The van der Waals surface area contributed by atoms with E-state index in [1.54, 1.807) is 31.0 Å². The molecule has 0 aliphatic rings. The molecule has 0 atom stereocenters. The van der Waals surface area contributed by atoms with Gasteiger partial charge in [-0.2, -0.15) is 11.8 Å². The van der Waals surface area contributed by atoms with Crippen molar-refractivity contribution in [1.82, 2.24) is 10.6 Å². The third kappa shape index (κ3) is 7.93. The molecule has 0 fully saturated rings. The molecular weight excluding hydrogens is 491 g/mol. The van der Waals surface area contributed by atoms with Gasteiger partial charge in [-0.3, -0.25) is 10.1 Å². The van der Waals surface area contributed by atoms with Crippen LogP contribution in [0.1, 0.15) is 11.1 Å². The van der Waals surface area contributed by atoms with Crippen LogP contribution in [0.15, 0.2) is 53.5 Å². The summed E-state index contributed by atoms with van der Waals surface area (Å²) in [5.41, 5.74) is 2.02. The maximum atomic E-state index is 10.7. The number of benzene rings is 2. The van der Waals surface area contributed by atoms with Gasteiger partial charge in [0, 0.05) is 36.5 Å². The van der Waals surface area contributed by atoms with Crippen molar-refractivity contribution in [2.75, 3.05) is 25.7 Å². The van der Waals surface area contributed by atoms with Crippen molar-refractivity contribution in [1.29, 1.82) is 0 Å². The van der Waals surface area contributed by atoms with Gasteiger partial charge in [-0.25, -0.2) is 4.99 Å². The van der Waals surface area contributed by atoms with E-state index in [-0.39, 0.29) is 29.7 Å². The van der Waals surface area contributed by atoms with Crippen LogP contribution in [0.3, 0.4) is 0 Å². The Hall–Kier alpha value is -2.01. The number of rotatable bonds is 9. The molecule has 2 aromatic rings. The van der Waals surface area contributed by atoms with E-state index in [1.165, 1.54) is 12.1 Å². The molecule has 28 heavy (non-hydrogen) atoms. The fraction of sp³-hybridized carbons (Fsp3) is 0.316. The number of nitro benzene ring substituents is 1. The summed E-state index contributed by atoms with van der Waals surface area (Å²) >= 11 is 1.75. The lowest BCUT2D eigenvalue weighted by Gasteiger charge is -2.14. The molecule has 2 aromatic carbocycles. The van der Waals surface area contributed by atoms with E-state index in [1.807, 2.05) is 24.3 Å². The molecule has 0 radical (unpaired) electrons. The smallest absolute Gasteiger partial charge is 0.269 e. The summed E-state index contributed by atoms with van der Waals surface area (Å²) in [5.74, 6) is 2.48. The number of thioether (sulfide) groups is 1. The summed E-state index contributed by atoms with van der Waals surface area (Å²) in [7, 11) is 1.65. The van der Waals surface area contributed by atoms with Gasteiger partial charge in [-0.05, 0) is 17.9 Å². The molecule has 7 nitrogen and oxygen atoms in total. The minimum Gasteiger partial charge on any atom is -0.496 e. The number of non-ortho nitro benzene ring substituents is 1. The lowest BCUT2D eigenvalue weighted by atomic mass is 10.2. The minimum atomic E-state index is -0.406. The normalized spacial score (nSPS) is 10.7. The van der Waals surface area contributed by atoms with Crippen molar-refractivity contribution >= 4 is 47.4 Å². The number of halogens is 1. The van der Waals surface area contributed by atoms with Crippen LogP contribution in [0.4, 0.5) is 5.69 Å². The predicted molar refractivity (Wildman–Crippen MR) is 126 cm³/mol. The van der Waals surface area contributed by atoms with E-state index < -0.39 is 4.92 Å². The first kappa shape index (κ1) is 24.0. The van der Waals surface area contributed by atoms with Crippen molar-refractivity contribution in [2.45, 2.75) is 13.1 Å². The number of hydrogen-bond acceptors (Lipinski definition) is 5. The van der Waals surface area contributed by atoms with Crippen LogP contribution >= 0.6 is 35.7 Å². The average Bonchev–Trinajstić information content (AvgIpc) is 2.70. The summed E-state index contributed by atoms with van der Waals surface area (Å²) in [4.78, 5) is 14.9. The van der Waals surface area contributed by atoms with Gasteiger partial charge in [-0.1, -0.05) is 30.3 Å². The first-order valence-electron chi connectivity index (χ1n) is 8.50. The van der Waals surface area contributed by atoms with E-state index in [4.69, 9.17) is 4.74 Å². The second-order valence-corrected chi connectivity index (χ2v) is 6.66. The number of nitro groups is 1. The SMILES string of the molecule is COc1ccccc1CNC(=NCc1ccc([N+](=O)[O-])cc1)NCCSC.I. The Bertz CT molecular complexity index is 772. The molecule has 152 valence electrons. The second-order valence-electron chi connectivity index (χ2n) is 5.67. The Morgan fingerprint density at radius 1 is 1.18 bits per heavy atom. The lowest BCUT2D eigenvalue weighted by molar-refractivity contribution is -0.384. The zero-order chi connectivity index (χ0) is 19.5. The molecule has 0 spiro atoms. The number of hydrogen-bond donors (Lipinski definition) is 2. The van der Waals surface area contributed by atoms with Crippen LogP contribution in [-0.4, -0.2) is 36.5 Å². The van der Waals surface area contributed by atoms with Crippen molar-refractivity contribution in [3.63, 3.8) is 0 Å². The Morgan fingerprint density at radius 3 is 2.54 bits per heavy atom. The highest BCUT2D eigenvalue weighted by molar-refractivity contribution is 14.0. The number of nitrogens with one attached hydrogen (secondary N) is 2. The van der Waals surface area contributed by atoms with Gasteiger partial charge in [0.25, 0.3) is 5.69 Å². The Morgan fingerprint density at radius 2 is 1.89 bits per heavy atom. The third-order valence-electron chi connectivity index (χ3n) is 3.80. The van der Waals surface area contributed by atoms with E-state index in [0.29, 0.717) is 19.0 Å². The van der Waals surface area contributed by atoms with Gasteiger partial charge in [0.1, 0.15) is 5.75 Å². The summed E-state index contributed by atoms with van der Waals surface area (Å²) in [6.07, 6.45) is 2.05. The van der Waals surface area contributed by atoms with Gasteiger partial charge in [-0.15, -0.1) is 24.0 Å². The van der Waals surface area contributed by atoms with Gasteiger partial charge in [0.15, 0.2) is 5.96 Å². The van der Waals surface area contributed by atoms with Gasteiger partial charge < -0.3 is 15.4 Å². The highest BCUT2D eigenvalue weighted by atomic mass is 127. The standard InChI is InChI=1S/C19H24N4O3S.HI/c1-26-18-6-4-3-5-16(18)14-22-19(20-11-12-27-2)21-13-15-7-9-17(10-8-15)23(24)25;/h3-10H,11-14H2,1-2H3,(H2,20,21,22);1H. The van der Waals surface area contributed by atoms with Crippen LogP contribution in [0.2, 0.25) is 0 Å². The molecule has 2 rings (SSSR count). The fourth-order valence-corrected chi connectivity index (χ4v) is 2.67. The van der Waals surface area contributed by atoms with E-state index in [2.05, 4.69) is 21.9 Å². The number of nitrogens with zero attached hydrogens (tertiary/aromatic N) is 2. The fourth-order valence-electron chi connectivity index (χ4n) is 2.37. The number of ether oxygens (including phenoxy) is 1. The molecule has 0 unspecified atom stereocenters. The number of para-hydroxylation sites is 1. The highest BCUT2D eigenvalue weighted by Gasteiger charge is 2.06. The minimum absolute atomic E-state index is 0. The average molecular weight is 516 g/mol. The van der Waals surface area contributed by atoms with Crippen molar-refractivity contribution < 1.29 is 9.66 Å². The molecule has 2 N–H and O–H groups in total. The lowest BCUT2D eigenvalue weighted by Crippen LogP contribution is -2.38. The van der Waals surface area contributed by atoms with Crippen LogP contribution < -0.4 is 15.4 Å². The first-order valence-corrected chi connectivity index (χ1v) is 9.89. The molecule has 0 heterocycles. The quantitative estimate of drug-likeness (QED) is 0.132. The molecule has 0 saturated carbocycles. The second kappa shape index (κ2) is 13.2. The molecule has 0 saturated heterocycles. The van der Waals surface area contributed by atoms with Crippen LogP contribution in [-0.2, 0) is 13.1 Å². The summed E-state index contributed by atoms with van der Waals surface area (Å²) in [6, 6.07) is 14.3. The first-order chi connectivity index (χ1) is 13.1. The summed E-state index contributed by atoms with van der Waals surface area (Å²) in [5, 5.41) is 17.4. The van der Waals surface area contributed by atoms with Crippen LogP contribution in [0.5, 0.6) is 5.75 Å². The van der Waals surface area contributed by atoms with Gasteiger partial charge in [0.05, 0.1) is 18.6 Å². The Balaban J connectivity index is 0.00000392. The predicted octanol–water partition coefficient (Wildman–Crippen LogP) is 3.82. The maximum Gasteiger partial charge on any atom is 0.269 e. The van der Waals surface area contributed by atoms with E-state index >= 15 is 0 Å². The molecule has 0 aromatic heterocycles. The summed E-state index contributed by atoms with van der Waals surface area (Å²) < 4.78 is 5.38. The molecular formula is C19H25IN4O3S. The number of aliphatic imine (C=N–C) groups is 1. The number of guanidine groups is 1. The van der Waals surface area contributed by atoms with Gasteiger partial charge in [0.2, 0.25) is 0 Å². The van der Waals surface area contributed by atoms with Crippen molar-refractivity contribution in [2.24, 2.45) is 4.99 Å². The molecule has 0 amide bonds. The Kier molecular flexibility index (Phi) is 11.3. The van der Waals surface area contributed by atoms with Crippen LogP contribution in [0, 0.1) is 10.1 Å².